The zero-order chi connectivity index (χ0) is 15.0. The Bertz CT molecular complexity index is 675. The summed E-state index contributed by atoms with van der Waals surface area (Å²) in [5.41, 5.74) is 0.764. The lowest BCUT2D eigenvalue weighted by Gasteiger charge is -2.06. The molecule has 3 rings (SSSR count). The van der Waals surface area contributed by atoms with Crippen LogP contribution in [0.4, 0.5) is 5.82 Å². The van der Waals surface area contributed by atoms with Gasteiger partial charge in [-0.15, -0.1) is 0 Å². The minimum absolute atomic E-state index is 0.0297. The van der Waals surface area contributed by atoms with E-state index in [0.717, 1.165) is 18.4 Å². The molecule has 1 heterocycles. The minimum atomic E-state index is -0.0297. The second-order valence-electron chi connectivity index (χ2n) is 4.99. The quantitative estimate of drug-likeness (QED) is 0.901. The van der Waals surface area contributed by atoms with Crippen LogP contribution in [-0.4, -0.2) is 15.7 Å². The molecule has 0 unspecified atom stereocenters. The van der Waals surface area contributed by atoms with Gasteiger partial charge in [-0.05, 0) is 25.0 Å². The molecule has 0 saturated heterocycles. The van der Waals surface area contributed by atoms with Crippen LogP contribution < -0.4 is 5.32 Å². The molecule has 1 fully saturated rings. The average molecular weight is 345 g/mol. The molecule has 1 aromatic carbocycles. The van der Waals surface area contributed by atoms with Crippen molar-refractivity contribution >= 4 is 46.5 Å². The van der Waals surface area contributed by atoms with Crippen LogP contribution in [0.2, 0.25) is 15.1 Å². The Hall–Kier alpha value is -1.23. The maximum Gasteiger partial charge on any atom is 0.228 e. The van der Waals surface area contributed by atoms with Crippen molar-refractivity contribution in [2.45, 2.75) is 19.4 Å². The van der Waals surface area contributed by atoms with E-state index in [-0.39, 0.29) is 11.8 Å². The Labute approximate surface area is 137 Å². The lowest BCUT2D eigenvalue weighted by Crippen LogP contribution is -2.14. The largest absolute Gasteiger partial charge is 0.308 e. The Morgan fingerprint density at radius 1 is 1.24 bits per heavy atom. The normalized spacial score (nSPS) is 14.2. The van der Waals surface area contributed by atoms with Gasteiger partial charge in [-0.25, -0.2) is 0 Å². The van der Waals surface area contributed by atoms with Crippen LogP contribution >= 0.6 is 34.8 Å². The summed E-state index contributed by atoms with van der Waals surface area (Å²) < 4.78 is 1.61. The summed E-state index contributed by atoms with van der Waals surface area (Å²) in [4.78, 5) is 11.7. The fourth-order valence-electron chi connectivity index (χ4n) is 1.97. The third-order valence-corrected chi connectivity index (χ3v) is 4.27. The van der Waals surface area contributed by atoms with Crippen LogP contribution in [0.25, 0.3) is 0 Å². The number of nitrogens with one attached hydrogen (secondary N) is 1. The molecule has 1 N–H and O–H groups in total. The highest BCUT2D eigenvalue weighted by atomic mass is 35.5. The number of hydrogen-bond acceptors (Lipinski definition) is 2. The molecule has 1 saturated carbocycles. The molecule has 0 radical (unpaired) electrons. The number of nitrogens with zero attached hydrogens (tertiary/aromatic N) is 2. The van der Waals surface area contributed by atoms with Gasteiger partial charge in [0.2, 0.25) is 5.91 Å². The summed E-state index contributed by atoms with van der Waals surface area (Å²) in [6.07, 6.45) is 3.50. The van der Waals surface area contributed by atoms with Gasteiger partial charge in [0.1, 0.15) is 5.02 Å². The maximum atomic E-state index is 11.7. The van der Waals surface area contributed by atoms with E-state index in [9.17, 15) is 4.79 Å². The number of amides is 1. The standard InChI is InChI=1S/C14H12Cl3N3O/c15-10-2-1-3-11(16)9(10)6-20-7-12(17)13(19-20)18-14(21)8-4-5-8/h1-3,7-8H,4-6H2,(H,18,19,21). The SMILES string of the molecule is O=C(Nc1nn(Cc2c(Cl)cccc2Cl)cc1Cl)C1CC1. The molecule has 110 valence electrons. The third kappa shape index (κ3) is 3.34. The highest BCUT2D eigenvalue weighted by Crippen LogP contribution is 2.31. The fraction of sp³-hybridized carbons (Fsp3) is 0.286. The molecular formula is C14H12Cl3N3O. The highest BCUT2D eigenvalue weighted by Gasteiger charge is 2.30. The van der Waals surface area contributed by atoms with Gasteiger partial charge in [-0.2, -0.15) is 5.10 Å². The molecule has 0 atom stereocenters. The summed E-state index contributed by atoms with van der Waals surface area (Å²) in [7, 11) is 0. The van der Waals surface area contributed by atoms with Gasteiger partial charge in [-0.3, -0.25) is 9.48 Å². The molecule has 1 aliphatic carbocycles. The first-order valence-electron chi connectivity index (χ1n) is 6.51. The van der Waals surface area contributed by atoms with Crippen molar-refractivity contribution in [2.75, 3.05) is 5.32 Å². The van der Waals surface area contributed by atoms with Gasteiger partial charge >= 0.3 is 0 Å². The van der Waals surface area contributed by atoms with Gasteiger partial charge in [0.25, 0.3) is 0 Å². The van der Waals surface area contributed by atoms with Crippen molar-refractivity contribution in [2.24, 2.45) is 5.92 Å². The number of benzene rings is 1. The van der Waals surface area contributed by atoms with E-state index in [4.69, 9.17) is 34.8 Å². The van der Waals surface area contributed by atoms with E-state index in [1.165, 1.54) is 0 Å². The first kappa shape index (κ1) is 14.7. The van der Waals surface area contributed by atoms with E-state index in [1.807, 2.05) is 0 Å². The van der Waals surface area contributed by atoms with Gasteiger partial charge in [0.05, 0.1) is 6.54 Å². The smallest absolute Gasteiger partial charge is 0.228 e. The van der Waals surface area contributed by atoms with Crippen molar-refractivity contribution in [3.8, 4) is 0 Å². The number of carbonyl (C=O) groups excluding carboxylic acids is 1. The van der Waals surface area contributed by atoms with Crippen LogP contribution in [0.15, 0.2) is 24.4 Å². The molecule has 0 spiro atoms. The molecule has 2 aromatic rings. The summed E-state index contributed by atoms with van der Waals surface area (Å²) in [5.74, 6) is 0.443. The Kier molecular flexibility index (Phi) is 4.11. The molecule has 1 aromatic heterocycles. The summed E-state index contributed by atoms with van der Waals surface area (Å²) >= 11 is 18.4. The topological polar surface area (TPSA) is 46.9 Å². The van der Waals surface area contributed by atoms with E-state index in [1.54, 1.807) is 29.1 Å². The first-order chi connectivity index (χ1) is 10.0. The highest BCUT2D eigenvalue weighted by molar-refractivity contribution is 6.36. The Morgan fingerprint density at radius 3 is 2.52 bits per heavy atom. The summed E-state index contributed by atoms with van der Waals surface area (Å²) in [6.45, 7) is 0.386. The fourth-order valence-corrected chi connectivity index (χ4v) is 2.69. The van der Waals surface area contributed by atoms with Gasteiger partial charge in [0, 0.05) is 27.7 Å². The predicted molar refractivity (Wildman–Crippen MR) is 84.2 cm³/mol. The van der Waals surface area contributed by atoms with Crippen LogP contribution in [0, 0.1) is 5.92 Å². The first-order valence-corrected chi connectivity index (χ1v) is 7.64. The number of halogens is 3. The second-order valence-corrected chi connectivity index (χ2v) is 6.21. The second kappa shape index (κ2) is 5.87. The molecule has 1 aliphatic rings. The lowest BCUT2D eigenvalue weighted by molar-refractivity contribution is -0.117. The van der Waals surface area contributed by atoms with Crippen molar-refractivity contribution in [1.82, 2.24) is 9.78 Å². The van der Waals surface area contributed by atoms with Crippen molar-refractivity contribution < 1.29 is 4.79 Å². The maximum absolute atomic E-state index is 11.7. The van der Waals surface area contributed by atoms with Crippen LogP contribution in [0.1, 0.15) is 18.4 Å². The van der Waals surface area contributed by atoms with E-state index >= 15 is 0 Å². The number of rotatable bonds is 4. The summed E-state index contributed by atoms with van der Waals surface area (Å²) in [6, 6.07) is 5.32. The third-order valence-electron chi connectivity index (χ3n) is 3.29. The van der Waals surface area contributed by atoms with Gasteiger partial charge in [-0.1, -0.05) is 40.9 Å². The summed E-state index contributed by atoms with van der Waals surface area (Å²) in [5, 5.41) is 8.54. The molecule has 1 amide bonds. The molecular weight excluding hydrogens is 333 g/mol. The predicted octanol–water partition coefficient (Wildman–Crippen LogP) is 4.24. The van der Waals surface area contributed by atoms with Crippen molar-refractivity contribution in [1.29, 1.82) is 0 Å². The van der Waals surface area contributed by atoms with Crippen molar-refractivity contribution in [3.05, 3.63) is 45.0 Å². The molecule has 0 bridgehead atoms. The zero-order valence-electron chi connectivity index (χ0n) is 10.9. The average Bonchev–Trinajstić information content (AvgIpc) is 3.21. The van der Waals surface area contributed by atoms with Crippen molar-refractivity contribution in [3.63, 3.8) is 0 Å². The Morgan fingerprint density at radius 2 is 1.90 bits per heavy atom. The zero-order valence-corrected chi connectivity index (χ0v) is 13.2. The van der Waals surface area contributed by atoms with E-state index < -0.39 is 0 Å². The monoisotopic (exact) mass is 343 g/mol. The molecule has 21 heavy (non-hydrogen) atoms. The van der Waals surface area contributed by atoms with Crippen LogP contribution in [-0.2, 0) is 11.3 Å². The van der Waals surface area contributed by atoms with E-state index in [0.29, 0.717) is 27.4 Å². The van der Waals surface area contributed by atoms with Crippen LogP contribution in [0.3, 0.4) is 0 Å². The number of carbonyl (C=O) groups is 1. The number of hydrogen-bond donors (Lipinski definition) is 1. The van der Waals surface area contributed by atoms with E-state index in [2.05, 4.69) is 10.4 Å². The number of aromatic nitrogens is 2. The number of anilines is 1. The molecule has 7 heteroatoms. The minimum Gasteiger partial charge on any atom is -0.308 e. The van der Waals surface area contributed by atoms with Gasteiger partial charge < -0.3 is 5.32 Å². The Balaban J connectivity index is 1.78. The molecule has 0 aliphatic heterocycles. The van der Waals surface area contributed by atoms with Crippen LogP contribution in [0.5, 0.6) is 0 Å². The lowest BCUT2D eigenvalue weighted by atomic mass is 10.2. The van der Waals surface area contributed by atoms with Gasteiger partial charge in [0.15, 0.2) is 5.82 Å². The molecule has 4 nitrogen and oxygen atoms in total.